The zero-order chi connectivity index (χ0) is 14.0. The van der Waals surface area contributed by atoms with E-state index >= 15 is 0 Å². The van der Waals surface area contributed by atoms with Crippen molar-refractivity contribution >= 4 is 0 Å². The predicted octanol–water partition coefficient (Wildman–Crippen LogP) is 3.40. The molecule has 19 heavy (non-hydrogen) atoms. The molecule has 1 fully saturated rings. The Balaban J connectivity index is 2.31. The van der Waals surface area contributed by atoms with Crippen molar-refractivity contribution in [3.63, 3.8) is 0 Å². The van der Waals surface area contributed by atoms with E-state index in [9.17, 15) is 0 Å². The third-order valence-corrected chi connectivity index (χ3v) is 5.02. The fourth-order valence-corrected chi connectivity index (χ4v) is 3.74. The number of likely N-dealkylation sites (N-methyl/N-ethyl adjacent to an activating group) is 1. The minimum atomic E-state index is 0.530. The van der Waals surface area contributed by atoms with Crippen LogP contribution in [-0.4, -0.2) is 22.9 Å². The predicted molar refractivity (Wildman–Crippen MR) is 80.6 cm³/mol. The highest BCUT2D eigenvalue weighted by Crippen LogP contribution is 2.35. The molecule has 1 saturated carbocycles. The molecule has 0 saturated heterocycles. The van der Waals surface area contributed by atoms with Crippen molar-refractivity contribution in [3.05, 3.63) is 17.0 Å². The molecule has 2 rings (SSSR count). The average Bonchev–Trinajstić information content (AvgIpc) is 2.72. The number of rotatable bonds is 4. The molecule has 0 spiro atoms. The van der Waals surface area contributed by atoms with Crippen LogP contribution in [0.3, 0.4) is 0 Å². The minimum Gasteiger partial charge on any atom is -0.315 e. The molecule has 0 amide bonds. The summed E-state index contributed by atoms with van der Waals surface area (Å²) < 4.78 is 2.32. The van der Waals surface area contributed by atoms with Gasteiger partial charge in [-0.2, -0.15) is 5.10 Å². The Labute approximate surface area is 117 Å². The summed E-state index contributed by atoms with van der Waals surface area (Å²) in [6.45, 7) is 8.94. The molecule has 3 atom stereocenters. The summed E-state index contributed by atoms with van der Waals surface area (Å²) >= 11 is 0. The van der Waals surface area contributed by atoms with Crippen LogP contribution in [0, 0.1) is 19.8 Å². The molecule has 1 aliphatic rings. The summed E-state index contributed by atoms with van der Waals surface area (Å²) in [5, 5.41) is 8.36. The lowest BCUT2D eigenvalue weighted by Crippen LogP contribution is -2.40. The summed E-state index contributed by atoms with van der Waals surface area (Å²) in [5.74, 6) is 0.864. The van der Waals surface area contributed by atoms with Crippen LogP contribution in [0.2, 0.25) is 0 Å². The van der Waals surface area contributed by atoms with Crippen molar-refractivity contribution < 1.29 is 0 Å². The van der Waals surface area contributed by atoms with Crippen LogP contribution >= 0.6 is 0 Å². The van der Waals surface area contributed by atoms with Crippen molar-refractivity contribution in [1.29, 1.82) is 0 Å². The van der Waals surface area contributed by atoms with Crippen molar-refractivity contribution in [2.24, 2.45) is 5.92 Å². The molecule has 3 unspecified atom stereocenters. The van der Waals surface area contributed by atoms with Gasteiger partial charge in [0.25, 0.3) is 0 Å². The van der Waals surface area contributed by atoms with Crippen molar-refractivity contribution in [3.8, 4) is 0 Å². The van der Waals surface area contributed by atoms with Gasteiger partial charge in [0.1, 0.15) is 0 Å². The molecular formula is C16H29N3. The first kappa shape index (κ1) is 14.6. The van der Waals surface area contributed by atoms with E-state index < -0.39 is 0 Å². The Morgan fingerprint density at radius 3 is 2.53 bits per heavy atom. The van der Waals surface area contributed by atoms with Crippen molar-refractivity contribution in [1.82, 2.24) is 15.1 Å². The van der Waals surface area contributed by atoms with Crippen LogP contribution in [0.1, 0.15) is 62.5 Å². The van der Waals surface area contributed by atoms with Gasteiger partial charge in [0.05, 0.1) is 11.7 Å². The second-order valence-electron chi connectivity index (χ2n) is 6.00. The number of aryl methyl sites for hydroxylation is 1. The quantitative estimate of drug-likeness (QED) is 0.902. The molecule has 1 N–H and O–H groups in total. The Kier molecular flexibility index (Phi) is 4.67. The summed E-state index contributed by atoms with van der Waals surface area (Å²) in [4.78, 5) is 0. The molecular weight excluding hydrogens is 234 g/mol. The lowest BCUT2D eigenvalue weighted by Gasteiger charge is -2.36. The average molecular weight is 263 g/mol. The number of hydrogen-bond acceptors (Lipinski definition) is 2. The van der Waals surface area contributed by atoms with Gasteiger partial charge in [-0.25, -0.2) is 0 Å². The first-order valence-corrected chi connectivity index (χ1v) is 7.84. The largest absolute Gasteiger partial charge is 0.315 e. The molecule has 0 radical (unpaired) electrons. The number of nitrogens with one attached hydrogen (secondary N) is 1. The lowest BCUT2D eigenvalue weighted by molar-refractivity contribution is 0.194. The molecule has 1 aromatic rings. The number of hydrogen-bond donors (Lipinski definition) is 1. The van der Waals surface area contributed by atoms with E-state index in [1.165, 1.54) is 42.6 Å². The fraction of sp³-hybridized carbons (Fsp3) is 0.812. The zero-order valence-electron chi connectivity index (χ0n) is 13.2. The van der Waals surface area contributed by atoms with Gasteiger partial charge < -0.3 is 5.32 Å². The third kappa shape index (κ3) is 2.71. The molecule has 3 nitrogen and oxygen atoms in total. The molecule has 0 bridgehead atoms. The van der Waals surface area contributed by atoms with Gasteiger partial charge >= 0.3 is 0 Å². The first-order valence-electron chi connectivity index (χ1n) is 7.84. The van der Waals surface area contributed by atoms with Gasteiger partial charge in [-0.15, -0.1) is 0 Å². The van der Waals surface area contributed by atoms with Crippen LogP contribution in [0.25, 0.3) is 0 Å². The number of aromatic nitrogens is 2. The van der Waals surface area contributed by atoms with E-state index in [2.05, 4.69) is 44.7 Å². The SMILES string of the molecule is CCc1c(C)nn(C2CC(CC)CCC2NC)c1C. The van der Waals surface area contributed by atoms with E-state index in [0.717, 1.165) is 12.3 Å². The van der Waals surface area contributed by atoms with Crippen LogP contribution in [0.5, 0.6) is 0 Å². The topological polar surface area (TPSA) is 29.9 Å². The minimum absolute atomic E-state index is 0.530. The number of nitrogens with zero attached hydrogens (tertiary/aromatic N) is 2. The standard InChI is InChI=1S/C16H29N3/c1-6-13-8-9-15(17-5)16(10-13)19-12(4)14(7-2)11(3)18-19/h13,15-17H,6-10H2,1-5H3. The second-order valence-corrected chi connectivity index (χ2v) is 6.00. The fourth-order valence-electron chi connectivity index (χ4n) is 3.74. The van der Waals surface area contributed by atoms with Gasteiger partial charge in [0, 0.05) is 11.7 Å². The van der Waals surface area contributed by atoms with E-state index in [1.807, 2.05) is 0 Å². The van der Waals surface area contributed by atoms with Gasteiger partial charge in [-0.1, -0.05) is 20.3 Å². The van der Waals surface area contributed by atoms with Crippen LogP contribution < -0.4 is 5.32 Å². The van der Waals surface area contributed by atoms with Crippen LogP contribution in [0.4, 0.5) is 0 Å². The Bertz CT molecular complexity index is 422. The van der Waals surface area contributed by atoms with Gasteiger partial charge in [-0.05, 0) is 58.1 Å². The summed E-state index contributed by atoms with van der Waals surface area (Å²) in [7, 11) is 2.09. The third-order valence-electron chi connectivity index (χ3n) is 5.02. The zero-order valence-corrected chi connectivity index (χ0v) is 13.2. The smallest absolute Gasteiger partial charge is 0.0677 e. The first-order chi connectivity index (χ1) is 9.12. The molecule has 1 aromatic heterocycles. The van der Waals surface area contributed by atoms with E-state index in [4.69, 9.17) is 5.10 Å². The van der Waals surface area contributed by atoms with Crippen LogP contribution in [-0.2, 0) is 6.42 Å². The highest BCUT2D eigenvalue weighted by Gasteiger charge is 2.32. The van der Waals surface area contributed by atoms with E-state index in [-0.39, 0.29) is 0 Å². The van der Waals surface area contributed by atoms with Crippen LogP contribution in [0.15, 0.2) is 0 Å². The highest BCUT2D eigenvalue weighted by atomic mass is 15.3. The monoisotopic (exact) mass is 263 g/mol. The maximum absolute atomic E-state index is 4.85. The molecule has 3 heteroatoms. The van der Waals surface area contributed by atoms with Gasteiger partial charge in [0.2, 0.25) is 0 Å². The molecule has 1 aliphatic carbocycles. The molecule has 1 heterocycles. The summed E-state index contributed by atoms with van der Waals surface area (Å²) in [6.07, 6.45) is 6.30. The highest BCUT2D eigenvalue weighted by molar-refractivity contribution is 5.25. The van der Waals surface area contributed by atoms with Crippen molar-refractivity contribution in [2.45, 2.75) is 71.9 Å². The maximum atomic E-state index is 4.85. The Hall–Kier alpha value is -0.830. The lowest BCUT2D eigenvalue weighted by atomic mass is 9.81. The maximum Gasteiger partial charge on any atom is 0.0677 e. The summed E-state index contributed by atoms with van der Waals surface area (Å²) in [6, 6.07) is 1.10. The Morgan fingerprint density at radius 1 is 1.26 bits per heavy atom. The van der Waals surface area contributed by atoms with Gasteiger partial charge in [-0.3, -0.25) is 4.68 Å². The second kappa shape index (κ2) is 6.08. The van der Waals surface area contributed by atoms with E-state index in [0.29, 0.717) is 12.1 Å². The van der Waals surface area contributed by atoms with Gasteiger partial charge in [0.15, 0.2) is 0 Å². The normalized spacial score (nSPS) is 27.7. The van der Waals surface area contributed by atoms with E-state index in [1.54, 1.807) is 0 Å². The van der Waals surface area contributed by atoms with Crippen molar-refractivity contribution in [2.75, 3.05) is 7.05 Å². The Morgan fingerprint density at radius 2 is 2.00 bits per heavy atom. The molecule has 0 aromatic carbocycles. The molecule has 0 aliphatic heterocycles. The molecule has 108 valence electrons. The summed E-state index contributed by atoms with van der Waals surface area (Å²) in [5.41, 5.74) is 4.03.